The quantitative estimate of drug-likeness (QED) is 0.374. The molecule has 0 N–H and O–H groups in total. The summed E-state index contributed by atoms with van der Waals surface area (Å²) in [5.41, 5.74) is 16.6. The molecule has 0 aromatic heterocycles. The fourth-order valence-corrected chi connectivity index (χ4v) is 1.79. The van der Waals surface area contributed by atoms with E-state index in [9.17, 15) is 0 Å². The van der Waals surface area contributed by atoms with Crippen LogP contribution < -0.4 is 0 Å². The molecule has 0 unspecified atom stereocenters. The molecule has 4 atom stereocenters. The van der Waals surface area contributed by atoms with Crippen LogP contribution in [-0.2, 0) is 9.47 Å². The average molecular weight is 196 g/mol. The van der Waals surface area contributed by atoms with Gasteiger partial charge in [-0.2, -0.15) is 0 Å². The van der Waals surface area contributed by atoms with Gasteiger partial charge in [-0.05, 0) is 11.1 Å². The lowest BCUT2D eigenvalue weighted by atomic mass is 10.1. The van der Waals surface area contributed by atoms with E-state index in [2.05, 4.69) is 20.1 Å². The Morgan fingerprint density at radius 3 is 1.71 bits per heavy atom. The van der Waals surface area contributed by atoms with Crippen molar-refractivity contribution >= 4 is 0 Å². The predicted octanol–water partition coefficient (Wildman–Crippen LogP) is 1.14. The predicted molar refractivity (Wildman–Crippen MR) is 45.3 cm³/mol. The second-order valence-corrected chi connectivity index (χ2v) is 3.14. The van der Waals surface area contributed by atoms with Crippen molar-refractivity contribution in [1.29, 1.82) is 0 Å². The molecule has 8 nitrogen and oxygen atoms in total. The maximum Gasteiger partial charge on any atom is 0.0948 e. The first-order valence-electron chi connectivity index (χ1n) is 4.18. The molecule has 2 aliphatic rings. The van der Waals surface area contributed by atoms with Crippen LogP contribution in [0.15, 0.2) is 10.2 Å². The molecule has 8 heteroatoms. The summed E-state index contributed by atoms with van der Waals surface area (Å²) in [6.45, 7) is 0.660. The minimum atomic E-state index is -0.302. The summed E-state index contributed by atoms with van der Waals surface area (Å²) in [4.78, 5) is 5.42. The standard InChI is InChI=1S/C6H8N6O2/c7-11-9-3-1-13-6-4(10-12-8)2-14-5(3)6/h3-6H,1-2H2/t3-,4-,5+,6+/m1/s1. The first kappa shape index (κ1) is 9.11. The number of azide groups is 2. The van der Waals surface area contributed by atoms with Gasteiger partial charge in [0.1, 0.15) is 0 Å². The molecule has 0 radical (unpaired) electrons. The lowest BCUT2D eigenvalue weighted by Crippen LogP contribution is -2.29. The summed E-state index contributed by atoms with van der Waals surface area (Å²) in [7, 11) is 0. The Morgan fingerprint density at radius 1 is 0.929 bits per heavy atom. The number of nitrogens with zero attached hydrogens (tertiary/aromatic N) is 6. The molecule has 0 amide bonds. The van der Waals surface area contributed by atoms with Crippen molar-refractivity contribution < 1.29 is 9.47 Å². The van der Waals surface area contributed by atoms with Gasteiger partial charge in [0.2, 0.25) is 0 Å². The Hall–Kier alpha value is -1.46. The van der Waals surface area contributed by atoms with E-state index < -0.39 is 0 Å². The third-order valence-electron chi connectivity index (χ3n) is 2.40. The van der Waals surface area contributed by atoms with E-state index in [-0.39, 0.29) is 24.3 Å². The minimum absolute atomic E-state index is 0.263. The van der Waals surface area contributed by atoms with E-state index in [1.54, 1.807) is 0 Å². The van der Waals surface area contributed by atoms with Crippen LogP contribution in [0.4, 0.5) is 0 Å². The Kier molecular flexibility index (Phi) is 2.43. The van der Waals surface area contributed by atoms with Crippen LogP contribution in [0.1, 0.15) is 0 Å². The van der Waals surface area contributed by atoms with Crippen molar-refractivity contribution in [3.05, 3.63) is 20.9 Å². The van der Waals surface area contributed by atoms with Gasteiger partial charge in [0.25, 0.3) is 0 Å². The molecule has 2 rings (SSSR count). The van der Waals surface area contributed by atoms with Crippen molar-refractivity contribution in [2.75, 3.05) is 13.2 Å². The SMILES string of the molecule is [N-]=[N+]=N[C@@H]1CO[C@@H]2[C@H]1OC[C@H]2N=[N+]=[N-]. The molecule has 0 saturated carbocycles. The molecular formula is C6H8N6O2. The fourth-order valence-electron chi connectivity index (χ4n) is 1.79. The molecule has 2 heterocycles. The van der Waals surface area contributed by atoms with E-state index in [1.807, 2.05) is 0 Å². The largest absolute Gasteiger partial charge is 0.374 e. The molecule has 2 fully saturated rings. The normalized spacial score (nSPS) is 39.7. The molecule has 2 saturated heterocycles. The van der Waals surface area contributed by atoms with Gasteiger partial charge in [-0.15, -0.1) is 0 Å². The summed E-state index contributed by atoms with van der Waals surface area (Å²) >= 11 is 0. The highest BCUT2D eigenvalue weighted by Gasteiger charge is 2.46. The molecule has 74 valence electrons. The zero-order valence-electron chi connectivity index (χ0n) is 7.22. The van der Waals surface area contributed by atoms with Crippen molar-refractivity contribution in [3.8, 4) is 0 Å². The van der Waals surface area contributed by atoms with Crippen LogP contribution in [-0.4, -0.2) is 37.5 Å². The van der Waals surface area contributed by atoms with Crippen LogP contribution in [0, 0.1) is 0 Å². The summed E-state index contributed by atoms with van der Waals surface area (Å²) in [5.74, 6) is 0. The van der Waals surface area contributed by atoms with E-state index in [0.29, 0.717) is 13.2 Å². The van der Waals surface area contributed by atoms with Gasteiger partial charge >= 0.3 is 0 Å². The molecule has 0 aliphatic carbocycles. The minimum Gasteiger partial charge on any atom is -0.374 e. The zero-order chi connectivity index (χ0) is 9.97. The monoisotopic (exact) mass is 196 g/mol. The van der Waals surface area contributed by atoms with Gasteiger partial charge in [-0.3, -0.25) is 0 Å². The third-order valence-corrected chi connectivity index (χ3v) is 2.40. The fraction of sp³-hybridized carbons (Fsp3) is 1.00. The molecule has 0 bridgehead atoms. The van der Waals surface area contributed by atoms with Gasteiger partial charge < -0.3 is 9.47 Å². The summed E-state index contributed by atoms with van der Waals surface area (Å²) < 4.78 is 10.7. The number of hydrogen-bond donors (Lipinski definition) is 0. The highest BCUT2D eigenvalue weighted by atomic mass is 16.6. The second-order valence-electron chi connectivity index (χ2n) is 3.14. The maximum atomic E-state index is 8.28. The van der Waals surface area contributed by atoms with E-state index in [1.165, 1.54) is 0 Å². The third kappa shape index (κ3) is 1.36. The zero-order valence-corrected chi connectivity index (χ0v) is 7.22. The Bertz CT molecular complexity index is 288. The topological polar surface area (TPSA) is 116 Å². The van der Waals surface area contributed by atoms with Crippen molar-refractivity contribution in [1.82, 2.24) is 0 Å². The molecule has 0 aromatic carbocycles. The van der Waals surface area contributed by atoms with E-state index in [4.69, 9.17) is 20.5 Å². The van der Waals surface area contributed by atoms with E-state index >= 15 is 0 Å². The second kappa shape index (κ2) is 3.73. The summed E-state index contributed by atoms with van der Waals surface area (Å²) in [6, 6.07) is -0.604. The lowest BCUT2D eigenvalue weighted by Gasteiger charge is -2.10. The maximum absolute atomic E-state index is 8.28. The van der Waals surface area contributed by atoms with Crippen molar-refractivity contribution in [3.63, 3.8) is 0 Å². The van der Waals surface area contributed by atoms with Crippen LogP contribution in [0.2, 0.25) is 0 Å². The van der Waals surface area contributed by atoms with Gasteiger partial charge in [0, 0.05) is 9.82 Å². The number of rotatable bonds is 2. The van der Waals surface area contributed by atoms with Crippen LogP contribution in [0.3, 0.4) is 0 Å². The van der Waals surface area contributed by atoms with Crippen LogP contribution in [0.5, 0.6) is 0 Å². The van der Waals surface area contributed by atoms with Crippen molar-refractivity contribution in [2.24, 2.45) is 10.2 Å². The first-order valence-corrected chi connectivity index (χ1v) is 4.18. The van der Waals surface area contributed by atoms with Gasteiger partial charge in [0.05, 0.1) is 37.5 Å². The summed E-state index contributed by atoms with van der Waals surface area (Å²) in [5, 5.41) is 7.11. The number of ether oxygens (including phenoxy) is 2. The highest BCUT2D eigenvalue weighted by Crippen LogP contribution is 2.30. The number of fused-ring (bicyclic) bond motifs is 1. The molecular weight excluding hydrogens is 188 g/mol. The molecule has 0 aromatic rings. The van der Waals surface area contributed by atoms with Crippen molar-refractivity contribution in [2.45, 2.75) is 24.3 Å². The van der Waals surface area contributed by atoms with Gasteiger partial charge in [-0.1, -0.05) is 10.2 Å². The average Bonchev–Trinajstić information content (AvgIpc) is 2.72. The van der Waals surface area contributed by atoms with E-state index in [0.717, 1.165) is 0 Å². The first-order chi connectivity index (χ1) is 6.86. The Labute approximate surface area is 79.0 Å². The number of hydrogen-bond acceptors (Lipinski definition) is 4. The highest BCUT2D eigenvalue weighted by molar-refractivity contribution is 5.00. The lowest BCUT2D eigenvalue weighted by molar-refractivity contribution is 0.0692. The van der Waals surface area contributed by atoms with Gasteiger partial charge in [-0.25, -0.2) is 0 Å². The van der Waals surface area contributed by atoms with Crippen LogP contribution >= 0.6 is 0 Å². The Balaban J connectivity index is 2.11. The Morgan fingerprint density at radius 2 is 1.36 bits per heavy atom. The van der Waals surface area contributed by atoms with Crippen LogP contribution in [0.25, 0.3) is 20.9 Å². The summed E-state index contributed by atoms with van der Waals surface area (Å²) in [6.07, 6.45) is -0.525. The van der Waals surface area contributed by atoms with Gasteiger partial charge in [0.15, 0.2) is 0 Å². The smallest absolute Gasteiger partial charge is 0.0948 e. The molecule has 14 heavy (non-hydrogen) atoms. The molecule has 0 spiro atoms. The molecule has 2 aliphatic heterocycles.